The molecule has 0 aliphatic carbocycles. The van der Waals surface area contributed by atoms with Crippen LogP contribution < -0.4 is 16.0 Å². The predicted molar refractivity (Wildman–Crippen MR) is 76.3 cm³/mol. The molecule has 0 amide bonds. The van der Waals surface area contributed by atoms with Gasteiger partial charge in [0.05, 0.1) is 25.9 Å². The van der Waals surface area contributed by atoms with Crippen LogP contribution in [-0.4, -0.2) is 35.0 Å². The van der Waals surface area contributed by atoms with E-state index in [2.05, 4.69) is 4.98 Å². The predicted octanol–water partition coefficient (Wildman–Crippen LogP) is 0.179. The van der Waals surface area contributed by atoms with Gasteiger partial charge in [-0.3, -0.25) is 14.3 Å². The van der Waals surface area contributed by atoms with E-state index in [1.165, 1.54) is 10.8 Å². The van der Waals surface area contributed by atoms with Crippen LogP contribution >= 0.6 is 0 Å². The Labute approximate surface area is 120 Å². The summed E-state index contributed by atoms with van der Waals surface area (Å²) in [4.78, 5) is 25.8. The number of methoxy groups -OCH3 is 1. The Morgan fingerprint density at radius 1 is 1.24 bits per heavy atom. The molecule has 0 spiro atoms. The fraction of sp³-hybridized carbons (Fsp3) is 0.286. The average Bonchev–Trinajstić information content (AvgIpc) is 2.50. The number of aliphatic hydroxyl groups is 1. The lowest BCUT2D eigenvalue weighted by molar-refractivity contribution is 0.0457. The van der Waals surface area contributed by atoms with Crippen molar-refractivity contribution in [1.29, 1.82) is 0 Å². The largest absolute Gasteiger partial charge is 0.497 e. The Kier molecular flexibility index (Phi) is 4.91. The summed E-state index contributed by atoms with van der Waals surface area (Å²) in [5.41, 5.74) is -0.0170. The van der Waals surface area contributed by atoms with Gasteiger partial charge in [0.15, 0.2) is 0 Å². The summed E-state index contributed by atoms with van der Waals surface area (Å²) >= 11 is 0. The van der Waals surface area contributed by atoms with Crippen LogP contribution in [0.15, 0.2) is 40.1 Å². The lowest BCUT2D eigenvalue weighted by Crippen LogP contribution is -2.31. The zero-order valence-electron chi connectivity index (χ0n) is 11.5. The molecule has 0 saturated carbocycles. The summed E-state index contributed by atoms with van der Waals surface area (Å²) in [5.74, 6) is 0.676. The van der Waals surface area contributed by atoms with Crippen LogP contribution in [0.4, 0.5) is 0 Å². The van der Waals surface area contributed by atoms with E-state index < -0.39 is 11.2 Å². The Morgan fingerprint density at radius 3 is 2.57 bits per heavy atom. The van der Waals surface area contributed by atoms with Crippen molar-refractivity contribution in [2.45, 2.75) is 6.73 Å². The number of nitrogens with zero attached hydrogens (tertiary/aromatic N) is 1. The Morgan fingerprint density at radius 2 is 1.95 bits per heavy atom. The minimum atomic E-state index is -0.560. The molecule has 2 N–H and O–H groups in total. The molecule has 7 heteroatoms. The number of rotatable bonds is 6. The van der Waals surface area contributed by atoms with Gasteiger partial charge in [-0.2, -0.15) is 0 Å². The van der Waals surface area contributed by atoms with Crippen molar-refractivity contribution in [1.82, 2.24) is 9.55 Å². The number of benzene rings is 1. The molecule has 1 aromatic heterocycles. The molecule has 2 rings (SSSR count). The second kappa shape index (κ2) is 6.87. The van der Waals surface area contributed by atoms with E-state index in [1.807, 2.05) is 0 Å². The highest BCUT2D eigenvalue weighted by Gasteiger charge is 2.07. The SMILES string of the molecule is COc1ccc(-c2cn(COCCO)c(=O)[nH]c2=O)cc1. The molecule has 0 fully saturated rings. The van der Waals surface area contributed by atoms with Crippen LogP contribution in [0.25, 0.3) is 11.1 Å². The molecule has 1 heterocycles. The molecular weight excluding hydrogens is 276 g/mol. The summed E-state index contributed by atoms with van der Waals surface area (Å²) in [6.45, 7) is -0.0633. The lowest BCUT2D eigenvalue weighted by atomic mass is 10.1. The van der Waals surface area contributed by atoms with E-state index in [4.69, 9.17) is 14.6 Å². The number of hydrogen-bond donors (Lipinski definition) is 2. The number of ether oxygens (including phenoxy) is 2. The van der Waals surface area contributed by atoms with Crippen molar-refractivity contribution in [3.63, 3.8) is 0 Å². The third kappa shape index (κ3) is 3.59. The van der Waals surface area contributed by atoms with E-state index >= 15 is 0 Å². The van der Waals surface area contributed by atoms with Crippen molar-refractivity contribution in [2.75, 3.05) is 20.3 Å². The molecule has 0 saturated heterocycles. The molecule has 21 heavy (non-hydrogen) atoms. The second-order valence-electron chi connectivity index (χ2n) is 4.26. The first kappa shape index (κ1) is 15.0. The maximum Gasteiger partial charge on any atom is 0.330 e. The molecule has 2 aromatic rings. The summed E-state index contributed by atoms with van der Waals surface area (Å²) in [6, 6.07) is 6.92. The Balaban J connectivity index is 2.35. The summed E-state index contributed by atoms with van der Waals surface area (Å²) in [7, 11) is 1.56. The number of aliphatic hydroxyl groups excluding tert-OH is 1. The topological polar surface area (TPSA) is 93.6 Å². The third-order valence-corrected chi connectivity index (χ3v) is 2.88. The van der Waals surface area contributed by atoms with Gasteiger partial charge in [-0.05, 0) is 17.7 Å². The van der Waals surface area contributed by atoms with E-state index in [-0.39, 0.29) is 19.9 Å². The third-order valence-electron chi connectivity index (χ3n) is 2.88. The smallest absolute Gasteiger partial charge is 0.330 e. The molecule has 7 nitrogen and oxygen atoms in total. The molecule has 0 atom stereocenters. The van der Waals surface area contributed by atoms with Crippen LogP contribution in [-0.2, 0) is 11.5 Å². The minimum absolute atomic E-state index is 0.0423. The molecule has 0 bridgehead atoms. The molecule has 112 valence electrons. The van der Waals surface area contributed by atoms with Crippen molar-refractivity contribution < 1.29 is 14.6 Å². The number of aromatic nitrogens is 2. The Hall–Kier alpha value is -2.38. The maximum absolute atomic E-state index is 11.9. The number of hydrogen-bond acceptors (Lipinski definition) is 5. The van der Waals surface area contributed by atoms with Gasteiger partial charge in [0.1, 0.15) is 12.5 Å². The first-order valence-electron chi connectivity index (χ1n) is 6.32. The van der Waals surface area contributed by atoms with Crippen LogP contribution in [0.5, 0.6) is 5.75 Å². The van der Waals surface area contributed by atoms with E-state index in [0.29, 0.717) is 16.9 Å². The monoisotopic (exact) mass is 292 g/mol. The van der Waals surface area contributed by atoms with Crippen LogP contribution in [0.1, 0.15) is 0 Å². The first-order chi connectivity index (χ1) is 10.2. The van der Waals surface area contributed by atoms with Gasteiger partial charge in [0.2, 0.25) is 0 Å². The van der Waals surface area contributed by atoms with Crippen molar-refractivity contribution >= 4 is 0 Å². The maximum atomic E-state index is 11.9. The highest BCUT2D eigenvalue weighted by molar-refractivity contribution is 5.62. The van der Waals surface area contributed by atoms with E-state index in [9.17, 15) is 9.59 Å². The minimum Gasteiger partial charge on any atom is -0.497 e. The highest BCUT2D eigenvalue weighted by atomic mass is 16.5. The van der Waals surface area contributed by atoms with E-state index in [0.717, 1.165) is 0 Å². The molecule has 0 unspecified atom stereocenters. The second-order valence-corrected chi connectivity index (χ2v) is 4.26. The first-order valence-corrected chi connectivity index (χ1v) is 6.32. The van der Waals surface area contributed by atoms with Gasteiger partial charge >= 0.3 is 5.69 Å². The molecular formula is C14H16N2O5. The molecule has 0 radical (unpaired) electrons. The summed E-state index contributed by atoms with van der Waals surface area (Å²) < 4.78 is 11.4. The highest BCUT2D eigenvalue weighted by Crippen LogP contribution is 2.18. The van der Waals surface area contributed by atoms with Crippen LogP contribution in [0.2, 0.25) is 0 Å². The van der Waals surface area contributed by atoms with Crippen molar-refractivity contribution in [2.24, 2.45) is 0 Å². The fourth-order valence-corrected chi connectivity index (χ4v) is 1.81. The molecule has 0 aliphatic heterocycles. The molecule has 1 aromatic carbocycles. The summed E-state index contributed by atoms with van der Waals surface area (Å²) in [6.07, 6.45) is 1.43. The lowest BCUT2D eigenvalue weighted by Gasteiger charge is -2.08. The number of aromatic amines is 1. The van der Waals surface area contributed by atoms with Crippen LogP contribution in [0.3, 0.4) is 0 Å². The fourth-order valence-electron chi connectivity index (χ4n) is 1.81. The summed E-state index contributed by atoms with van der Waals surface area (Å²) in [5, 5.41) is 8.66. The standard InChI is InChI=1S/C14H16N2O5/c1-20-11-4-2-10(3-5-11)12-8-16(9-21-7-6-17)14(19)15-13(12)18/h2-5,8,17H,6-7,9H2,1H3,(H,15,18,19). The Bertz CT molecular complexity index is 703. The van der Waals surface area contributed by atoms with Gasteiger partial charge in [-0.1, -0.05) is 12.1 Å². The normalized spacial score (nSPS) is 10.6. The van der Waals surface area contributed by atoms with E-state index in [1.54, 1.807) is 31.4 Å². The van der Waals surface area contributed by atoms with Crippen molar-refractivity contribution in [3.05, 3.63) is 51.3 Å². The van der Waals surface area contributed by atoms with Gasteiger partial charge in [-0.25, -0.2) is 4.79 Å². The van der Waals surface area contributed by atoms with Crippen molar-refractivity contribution in [3.8, 4) is 16.9 Å². The zero-order valence-corrected chi connectivity index (χ0v) is 11.5. The van der Waals surface area contributed by atoms with Crippen LogP contribution in [0, 0.1) is 0 Å². The quantitative estimate of drug-likeness (QED) is 0.741. The van der Waals surface area contributed by atoms with Gasteiger partial charge in [0, 0.05) is 6.20 Å². The van der Waals surface area contributed by atoms with Gasteiger partial charge in [0.25, 0.3) is 5.56 Å². The zero-order chi connectivity index (χ0) is 15.2. The van der Waals surface area contributed by atoms with Gasteiger partial charge in [-0.15, -0.1) is 0 Å². The number of H-pyrrole nitrogens is 1. The van der Waals surface area contributed by atoms with Gasteiger partial charge < -0.3 is 14.6 Å². The average molecular weight is 292 g/mol. The number of nitrogens with one attached hydrogen (secondary N) is 1. The molecule has 0 aliphatic rings.